The summed E-state index contributed by atoms with van der Waals surface area (Å²) in [7, 11) is 0. The van der Waals surface area contributed by atoms with E-state index < -0.39 is 197 Å². The van der Waals surface area contributed by atoms with E-state index in [0.29, 0.717) is 56.3 Å². The number of allylic oxidation sites excluding steroid dienone is 1. The quantitative estimate of drug-likeness (QED) is 0.0681. The molecule has 28 heteroatoms. The van der Waals surface area contributed by atoms with Crippen molar-refractivity contribution in [3.8, 4) is 0 Å². The second kappa shape index (κ2) is 24.7. The van der Waals surface area contributed by atoms with E-state index in [1.54, 1.807) is 0 Å². The molecule has 13 unspecified atom stereocenters. The highest BCUT2D eigenvalue weighted by Gasteiger charge is 2.68. The summed E-state index contributed by atoms with van der Waals surface area (Å²) in [4.78, 5) is 0. The Morgan fingerprint density at radius 1 is 0.500 bits per heavy atom. The van der Waals surface area contributed by atoms with Crippen molar-refractivity contribution in [2.75, 3.05) is 33.0 Å². The van der Waals surface area contributed by atoms with Gasteiger partial charge in [0.25, 0.3) is 0 Å². The molecule has 482 valence electrons. The van der Waals surface area contributed by atoms with Crippen LogP contribution in [0.15, 0.2) is 11.6 Å². The lowest BCUT2D eigenvalue weighted by atomic mass is 9.47. The highest BCUT2D eigenvalue weighted by Crippen LogP contribution is 2.70. The first-order valence-electron chi connectivity index (χ1n) is 30.0. The molecule has 11 rings (SSSR count). The predicted octanol–water partition coefficient (Wildman–Crippen LogP) is -5.27. The van der Waals surface area contributed by atoms with Crippen LogP contribution in [0.3, 0.4) is 0 Å². The summed E-state index contributed by atoms with van der Waals surface area (Å²) < 4.78 is 75.3. The van der Waals surface area contributed by atoms with E-state index in [-0.39, 0.29) is 29.5 Å². The van der Waals surface area contributed by atoms with Gasteiger partial charge in [0.1, 0.15) is 116 Å². The van der Waals surface area contributed by atoms with Crippen LogP contribution in [0.2, 0.25) is 0 Å². The molecule has 3 saturated carbocycles. The first kappa shape index (κ1) is 64.2. The zero-order valence-corrected chi connectivity index (χ0v) is 47.6. The Labute approximate surface area is 485 Å². The lowest BCUT2D eigenvalue weighted by molar-refractivity contribution is -0.411. The summed E-state index contributed by atoms with van der Waals surface area (Å²) in [5.74, 6) is 0.428. The first-order chi connectivity index (χ1) is 39.8. The number of aliphatic hydroxyl groups excluding tert-OH is 16. The first-order valence-corrected chi connectivity index (χ1v) is 30.0. The van der Waals surface area contributed by atoms with Crippen molar-refractivity contribution < 1.29 is 139 Å². The van der Waals surface area contributed by atoms with E-state index in [9.17, 15) is 81.7 Å². The van der Waals surface area contributed by atoms with Gasteiger partial charge in [-0.25, -0.2) is 0 Å². The Morgan fingerprint density at radius 3 is 1.62 bits per heavy atom. The molecule has 35 atom stereocenters. The summed E-state index contributed by atoms with van der Waals surface area (Å²) in [6.45, 7) is 4.95. The number of rotatable bonds is 15. The van der Waals surface area contributed by atoms with E-state index >= 15 is 0 Å². The van der Waals surface area contributed by atoms with Gasteiger partial charge in [-0.1, -0.05) is 25.5 Å². The fourth-order valence-corrected chi connectivity index (χ4v) is 16.5. The average Bonchev–Trinajstić information content (AvgIpc) is 1.56. The van der Waals surface area contributed by atoms with Gasteiger partial charge in [-0.15, -0.1) is 0 Å². The molecule has 16 N–H and O–H groups in total. The molecule has 0 aromatic carbocycles. The third-order valence-electron chi connectivity index (χ3n) is 21.5. The lowest BCUT2D eigenvalue weighted by Crippen LogP contribution is -2.69. The van der Waals surface area contributed by atoms with Crippen molar-refractivity contribution in [1.29, 1.82) is 0 Å². The minimum absolute atomic E-state index is 0.0170. The lowest BCUT2D eigenvalue weighted by Gasteiger charge is -2.58. The van der Waals surface area contributed by atoms with Gasteiger partial charge in [-0.3, -0.25) is 0 Å². The van der Waals surface area contributed by atoms with Gasteiger partial charge in [-0.05, 0) is 99.7 Å². The zero-order chi connectivity index (χ0) is 60.3. The third-order valence-corrected chi connectivity index (χ3v) is 21.5. The zero-order valence-electron chi connectivity index (χ0n) is 47.6. The van der Waals surface area contributed by atoms with E-state index in [0.717, 1.165) is 25.7 Å². The van der Waals surface area contributed by atoms with Crippen LogP contribution in [-0.2, 0) is 56.8 Å². The highest BCUT2D eigenvalue weighted by atomic mass is 16.8. The smallest absolute Gasteiger partial charge is 0.187 e. The van der Waals surface area contributed by atoms with Crippen LogP contribution in [0, 0.1) is 34.5 Å². The van der Waals surface area contributed by atoms with E-state index in [2.05, 4.69) is 19.9 Å². The molecule has 0 radical (unpaired) electrons. The Hall–Kier alpha value is -1.38. The van der Waals surface area contributed by atoms with Gasteiger partial charge < -0.3 is 139 Å². The molecule has 0 aromatic rings. The van der Waals surface area contributed by atoms with Gasteiger partial charge in [0.2, 0.25) is 0 Å². The molecule has 0 amide bonds. The third kappa shape index (κ3) is 11.3. The van der Waals surface area contributed by atoms with Crippen molar-refractivity contribution in [2.24, 2.45) is 34.5 Å². The van der Waals surface area contributed by atoms with E-state index in [1.807, 2.05) is 6.92 Å². The highest BCUT2D eigenvalue weighted by molar-refractivity contribution is 5.26. The minimum atomic E-state index is -2.02. The van der Waals surface area contributed by atoms with Crippen LogP contribution >= 0.6 is 0 Å². The topological polar surface area (TPSA) is 434 Å². The van der Waals surface area contributed by atoms with Crippen LogP contribution in [0.25, 0.3) is 0 Å². The molecule has 0 aromatic heterocycles. The summed E-state index contributed by atoms with van der Waals surface area (Å²) in [5.41, 5.74) is 0.0963. The van der Waals surface area contributed by atoms with Gasteiger partial charge in [-0.2, -0.15) is 0 Å². The average molecular weight is 1210 g/mol. The normalized spacial score (nSPS) is 56.6. The Kier molecular flexibility index (Phi) is 18.8. The van der Waals surface area contributed by atoms with Crippen molar-refractivity contribution in [1.82, 2.24) is 0 Å². The summed E-state index contributed by atoms with van der Waals surface area (Å²) in [5, 5.41) is 171. The monoisotopic (exact) mass is 1210 g/mol. The maximum atomic E-state index is 11.4. The van der Waals surface area contributed by atoms with Crippen molar-refractivity contribution >= 4 is 0 Å². The van der Waals surface area contributed by atoms with Gasteiger partial charge in [0.15, 0.2) is 37.2 Å². The van der Waals surface area contributed by atoms with E-state index in [1.165, 1.54) is 12.5 Å². The van der Waals surface area contributed by atoms with Crippen LogP contribution in [-0.4, -0.2) is 292 Å². The maximum absolute atomic E-state index is 11.4. The number of hydrogen-bond acceptors (Lipinski definition) is 28. The van der Waals surface area contributed by atoms with Gasteiger partial charge in [0.05, 0.1) is 56.9 Å². The Morgan fingerprint density at radius 2 is 1.02 bits per heavy atom. The maximum Gasteiger partial charge on any atom is 0.187 e. The largest absolute Gasteiger partial charge is 0.394 e. The molecular weight excluding hydrogens is 1120 g/mol. The second-order valence-corrected chi connectivity index (χ2v) is 26.6. The molecule has 0 bridgehead atoms. The Balaban J connectivity index is 0.815. The molecule has 7 saturated heterocycles. The SMILES string of the molecule is C[C@@H]1OC(O[C@H]2[C@H](OC3O[C@H](CO)[C@@H](O)[C@H](O)[C@H]3O)[C@@H](OC3O[C@@H](CO)[C@H](O)[C@@H](O)[C@@H]3O)C(OC3CCC4(C)C(=CCC5C4CCC4(C)C6C[C@@]7(CCC(C)(CO[C@@H]8O[C@H](CO)[C@@H](O)[C@H](O)[C@H]8O)O7)OC6CC54)C3)O[C@@H]2CO)[C@H](O)[C@H](O)[C@H]1O. The summed E-state index contributed by atoms with van der Waals surface area (Å²) in [6.07, 6.45) is -32.9. The second-order valence-electron chi connectivity index (χ2n) is 26.6. The number of fused-ring (bicyclic) bond motifs is 7. The number of hydrogen-bond donors (Lipinski definition) is 16. The van der Waals surface area contributed by atoms with E-state index in [4.69, 9.17) is 56.8 Å². The molecule has 7 heterocycles. The number of ether oxygens (including phenoxy) is 12. The van der Waals surface area contributed by atoms with Crippen molar-refractivity contribution in [3.63, 3.8) is 0 Å². The molecule has 7 aliphatic heterocycles. The standard InChI is InChI=1S/C56H90O28/c1-21-33(61)37(65)42(70)49(74-21)80-45-32(19-60)79-52(47(82-51-44(72)40(68)36(64)31(18-59)78-51)46(45)81-50-43(71)39(67)35(63)30(17-58)77-50)75-23-7-9-54(3)22(13-23)5-6-24-25(54)8-10-55(4)26(24)14-28-27(55)15-56(83-28)12-11-53(2,84-56)20-73-48-41(69)38(66)34(62)29(16-57)76-48/h5,21,23-52,57-72H,6-20H2,1-4H3/t21-,23?,24?,25?,26?,27?,28?,29+,30+,31-,32+,33-,34+,35+,36-,37+,38-,39-,40+,41+,42+,43+,44-,45+,46-,47+,48+,49?,50?,51?,52?,53?,54?,55?,56-/m0/s1. The summed E-state index contributed by atoms with van der Waals surface area (Å²) in [6, 6.07) is 0. The number of aliphatic hydroxyl groups is 16. The molecular formula is C56H90O28. The molecule has 1 spiro atoms. The molecule has 10 fully saturated rings. The molecule has 28 nitrogen and oxygen atoms in total. The van der Waals surface area contributed by atoms with Gasteiger partial charge in [0, 0.05) is 12.8 Å². The fourth-order valence-electron chi connectivity index (χ4n) is 16.5. The Bertz CT molecular complexity index is 2270. The van der Waals surface area contributed by atoms with Gasteiger partial charge >= 0.3 is 0 Å². The minimum Gasteiger partial charge on any atom is -0.394 e. The van der Waals surface area contributed by atoms with Crippen molar-refractivity contribution in [2.45, 2.75) is 269 Å². The van der Waals surface area contributed by atoms with Crippen molar-refractivity contribution in [3.05, 3.63) is 11.6 Å². The molecule has 84 heavy (non-hydrogen) atoms. The molecule has 11 aliphatic rings. The van der Waals surface area contributed by atoms with Crippen LogP contribution < -0.4 is 0 Å². The predicted molar refractivity (Wildman–Crippen MR) is 276 cm³/mol. The van der Waals surface area contributed by atoms with Crippen LogP contribution in [0.4, 0.5) is 0 Å². The van der Waals surface area contributed by atoms with Crippen LogP contribution in [0.5, 0.6) is 0 Å². The fraction of sp³-hybridized carbons (Fsp3) is 0.964. The van der Waals surface area contributed by atoms with Crippen LogP contribution in [0.1, 0.15) is 91.9 Å². The summed E-state index contributed by atoms with van der Waals surface area (Å²) >= 11 is 0. The molecule has 4 aliphatic carbocycles.